The van der Waals surface area contributed by atoms with Crippen LogP contribution in [0.5, 0.6) is 0 Å². The van der Waals surface area contributed by atoms with Crippen LogP contribution >= 0.6 is 0 Å². The third-order valence-electron chi connectivity index (χ3n) is 2.45. The van der Waals surface area contributed by atoms with E-state index in [0.717, 1.165) is 4.90 Å². The van der Waals surface area contributed by atoms with Crippen LogP contribution in [0.15, 0.2) is 10.6 Å². The van der Waals surface area contributed by atoms with Crippen LogP contribution in [0.3, 0.4) is 0 Å². The molecule has 0 bridgehead atoms. The molecule has 0 radical (unpaired) electrons. The lowest BCUT2D eigenvalue weighted by Gasteiger charge is -2.26. The van der Waals surface area contributed by atoms with Crippen LogP contribution in [-0.4, -0.2) is 40.0 Å². The summed E-state index contributed by atoms with van der Waals surface area (Å²) in [7, 11) is 1.44. The number of aromatic nitrogens is 1. The number of rotatable bonds is 4. The molecule has 0 saturated heterocycles. The van der Waals surface area contributed by atoms with Crippen molar-refractivity contribution >= 4 is 11.9 Å². The smallest absolute Gasteiger partial charge is 0.326 e. The SMILES string of the molecule is Cc1ncc(C(=O)N(C)C(C(=O)O)C(C)C)o1. The van der Waals surface area contributed by atoms with E-state index in [4.69, 9.17) is 9.52 Å². The van der Waals surface area contributed by atoms with Crippen molar-refractivity contribution in [3.05, 3.63) is 17.8 Å². The minimum atomic E-state index is -1.04. The fourth-order valence-electron chi connectivity index (χ4n) is 1.66. The number of likely N-dealkylation sites (N-methyl/N-ethyl adjacent to an activating group) is 1. The molecule has 6 nitrogen and oxygen atoms in total. The van der Waals surface area contributed by atoms with E-state index >= 15 is 0 Å². The molecule has 1 atom stereocenters. The zero-order valence-corrected chi connectivity index (χ0v) is 10.3. The second-order valence-electron chi connectivity index (χ2n) is 4.19. The molecule has 6 heteroatoms. The van der Waals surface area contributed by atoms with Crippen molar-refractivity contribution in [3.63, 3.8) is 0 Å². The quantitative estimate of drug-likeness (QED) is 0.853. The van der Waals surface area contributed by atoms with Crippen molar-refractivity contribution in [3.8, 4) is 0 Å². The van der Waals surface area contributed by atoms with Gasteiger partial charge in [-0.25, -0.2) is 9.78 Å². The molecule has 1 aromatic rings. The second kappa shape index (κ2) is 4.99. The number of carboxylic acids is 1. The Kier molecular flexibility index (Phi) is 3.88. The highest BCUT2D eigenvalue weighted by Crippen LogP contribution is 2.14. The van der Waals surface area contributed by atoms with Gasteiger partial charge >= 0.3 is 5.97 Å². The third-order valence-corrected chi connectivity index (χ3v) is 2.45. The van der Waals surface area contributed by atoms with Gasteiger partial charge in [0, 0.05) is 14.0 Å². The van der Waals surface area contributed by atoms with Crippen LogP contribution in [0.1, 0.15) is 30.3 Å². The number of nitrogens with zero attached hydrogens (tertiary/aromatic N) is 2. The van der Waals surface area contributed by atoms with E-state index in [-0.39, 0.29) is 11.7 Å². The minimum Gasteiger partial charge on any atom is -0.480 e. The average Bonchev–Trinajstić information content (AvgIpc) is 2.62. The fourth-order valence-corrected chi connectivity index (χ4v) is 1.66. The number of aryl methyl sites for hydroxylation is 1. The van der Waals surface area contributed by atoms with E-state index in [2.05, 4.69) is 4.98 Å². The molecule has 17 heavy (non-hydrogen) atoms. The van der Waals surface area contributed by atoms with E-state index in [1.54, 1.807) is 20.8 Å². The largest absolute Gasteiger partial charge is 0.480 e. The average molecular weight is 240 g/mol. The van der Waals surface area contributed by atoms with Gasteiger partial charge in [0.25, 0.3) is 5.91 Å². The summed E-state index contributed by atoms with van der Waals surface area (Å²) in [6.45, 7) is 5.11. The van der Waals surface area contributed by atoms with Gasteiger partial charge in [-0.2, -0.15) is 0 Å². The zero-order chi connectivity index (χ0) is 13.2. The molecule has 1 unspecified atom stereocenters. The second-order valence-corrected chi connectivity index (χ2v) is 4.19. The molecule has 1 amide bonds. The zero-order valence-electron chi connectivity index (χ0n) is 10.3. The van der Waals surface area contributed by atoms with E-state index in [0.29, 0.717) is 5.89 Å². The van der Waals surface area contributed by atoms with E-state index in [1.807, 2.05) is 0 Å². The van der Waals surface area contributed by atoms with E-state index in [9.17, 15) is 9.59 Å². The minimum absolute atomic E-state index is 0.0527. The number of amides is 1. The van der Waals surface area contributed by atoms with Gasteiger partial charge in [0.05, 0.1) is 6.20 Å². The third kappa shape index (κ3) is 2.83. The first kappa shape index (κ1) is 13.2. The highest BCUT2D eigenvalue weighted by atomic mass is 16.4. The lowest BCUT2D eigenvalue weighted by Crippen LogP contribution is -2.45. The molecule has 1 heterocycles. The Morgan fingerprint density at radius 3 is 2.41 bits per heavy atom. The summed E-state index contributed by atoms with van der Waals surface area (Å²) >= 11 is 0. The Balaban J connectivity index is 2.91. The van der Waals surface area contributed by atoms with Crippen LogP contribution in [0.4, 0.5) is 0 Å². The molecule has 0 aromatic carbocycles. The topological polar surface area (TPSA) is 83.6 Å². The summed E-state index contributed by atoms with van der Waals surface area (Å²) < 4.78 is 5.08. The van der Waals surface area contributed by atoms with Crippen LogP contribution < -0.4 is 0 Å². The number of hydrogen-bond acceptors (Lipinski definition) is 4. The van der Waals surface area contributed by atoms with Crippen LogP contribution in [0.25, 0.3) is 0 Å². The van der Waals surface area contributed by atoms with Crippen molar-refractivity contribution in [2.24, 2.45) is 5.92 Å². The number of carboxylic acid groups (broad SMARTS) is 1. The number of carbonyl (C=O) groups excluding carboxylic acids is 1. The van der Waals surface area contributed by atoms with Crippen molar-refractivity contribution in [1.82, 2.24) is 9.88 Å². The summed E-state index contributed by atoms with van der Waals surface area (Å²) in [5.41, 5.74) is 0. The van der Waals surface area contributed by atoms with Crippen molar-refractivity contribution in [1.29, 1.82) is 0 Å². The maximum Gasteiger partial charge on any atom is 0.326 e. The highest BCUT2D eigenvalue weighted by Gasteiger charge is 2.31. The normalized spacial score (nSPS) is 12.5. The van der Waals surface area contributed by atoms with Gasteiger partial charge < -0.3 is 14.4 Å². The molecular formula is C11H16N2O4. The molecular weight excluding hydrogens is 224 g/mol. The Bertz CT molecular complexity index is 425. The maximum absolute atomic E-state index is 11.9. The summed E-state index contributed by atoms with van der Waals surface area (Å²) in [6.07, 6.45) is 1.30. The van der Waals surface area contributed by atoms with Crippen molar-refractivity contribution < 1.29 is 19.1 Å². The van der Waals surface area contributed by atoms with Crippen LogP contribution in [-0.2, 0) is 4.79 Å². The van der Waals surface area contributed by atoms with Crippen LogP contribution in [0, 0.1) is 12.8 Å². The molecule has 1 aromatic heterocycles. The fraction of sp³-hybridized carbons (Fsp3) is 0.545. The molecule has 0 aliphatic rings. The van der Waals surface area contributed by atoms with E-state index in [1.165, 1.54) is 13.2 Å². The lowest BCUT2D eigenvalue weighted by molar-refractivity contribution is -0.143. The predicted octanol–water partition coefficient (Wildman–Crippen LogP) is 1.16. The molecule has 0 spiro atoms. The van der Waals surface area contributed by atoms with Gasteiger partial charge in [-0.3, -0.25) is 4.79 Å². The Morgan fingerprint density at radius 1 is 1.47 bits per heavy atom. The van der Waals surface area contributed by atoms with Gasteiger partial charge in [-0.15, -0.1) is 0 Å². The maximum atomic E-state index is 11.9. The van der Waals surface area contributed by atoms with Crippen molar-refractivity contribution in [2.45, 2.75) is 26.8 Å². The lowest BCUT2D eigenvalue weighted by atomic mass is 10.0. The molecule has 1 N–H and O–H groups in total. The molecule has 0 saturated carbocycles. The highest BCUT2D eigenvalue weighted by molar-refractivity contribution is 5.93. The van der Waals surface area contributed by atoms with Crippen LogP contribution in [0.2, 0.25) is 0 Å². The molecule has 0 fully saturated rings. The van der Waals surface area contributed by atoms with Gasteiger partial charge in [-0.1, -0.05) is 13.8 Å². The Hall–Kier alpha value is -1.85. The monoisotopic (exact) mass is 240 g/mol. The summed E-state index contributed by atoms with van der Waals surface area (Å²) in [6, 6.07) is -0.882. The summed E-state index contributed by atoms with van der Waals surface area (Å²) in [4.78, 5) is 28.0. The van der Waals surface area contributed by atoms with Gasteiger partial charge in [0.1, 0.15) is 6.04 Å². The first-order chi connectivity index (χ1) is 7.84. The van der Waals surface area contributed by atoms with Gasteiger partial charge in [0.15, 0.2) is 5.89 Å². The first-order valence-electron chi connectivity index (χ1n) is 5.27. The van der Waals surface area contributed by atoms with E-state index < -0.39 is 17.9 Å². The molecule has 1 rings (SSSR count). The number of aliphatic carboxylic acids is 1. The predicted molar refractivity (Wildman–Crippen MR) is 59.6 cm³/mol. The Morgan fingerprint density at radius 2 is 2.06 bits per heavy atom. The molecule has 0 aliphatic heterocycles. The number of hydrogen-bond donors (Lipinski definition) is 1. The number of oxazole rings is 1. The first-order valence-corrected chi connectivity index (χ1v) is 5.27. The van der Waals surface area contributed by atoms with Gasteiger partial charge in [-0.05, 0) is 5.92 Å². The molecule has 94 valence electrons. The number of carbonyl (C=O) groups is 2. The van der Waals surface area contributed by atoms with Gasteiger partial charge in [0.2, 0.25) is 5.76 Å². The summed E-state index contributed by atoms with van der Waals surface area (Å²) in [5, 5.41) is 9.07. The molecule has 0 aliphatic carbocycles. The Labute approximate surface area is 99.2 Å². The van der Waals surface area contributed by atoms with Crippen molar-refractivity contribution in [2.75, 3.05) is 7.05 Å². The summed E-state index contributed by atoms with van der Waals surface area (Å²) in [5.74, 6) is -1.28. The standard InChI is InChI=1S/C11H16N2O4/c1-6(2)9(11(15)16)13(4)10(14)8-5-12-7(3)17-8/h5-6,9H,1-4H3,(H,15,16).